The number of aliphatic carboxylic acids is 1. The highest BCUT2D eigenvalue weighted by atomic mass is 19.4. The second kappa shape index (κ2) is 7.30. The van der Waals surface area contributed by atoms with Crippen molar-refractivity contribution in [1.82, 2.24) is 4.90 Å². The molecule has 0 aromatic heterocycles. The Morgan fingerprint density at radius 2 is 1.63 bits per heavy atom. The number of carbonyl (C=O) groups excluding carboxylic acids is 1. The van der Waals surface area contributed by atoms with Crippen LogP contribution in [0.25, 0.3) is 0 Å². The Morgan fingerprint density at radius 3 is 2.19 bits per heavy atom. The normalized spacial score (nSPS) is 19.7. The van der Waals surface area contributed by atoms with Crippen LogP contribution < -0.4 is 4.74 Å². The maximum atomic E-state index is 12.7. The van der Waals surface area contributed by atoms with Gasteiger partial charge in [0.15, 0.2) is 0 Å². The van der Waals surface area contributed by atoms with Crippen LogP contribution in [-0.2, 0) is 4.79 Å². The molecule has 1 aliphatic heterocycles. The molecule has 0 saturated carbocycles. The number of ether oxygens (including phenoxy) is 1. The molecule has 8 heteroatoms. The first kappa shape index (κ1) is 18.8. The predicted molar refractivity (Wildman–Crippen MR) is 89.3 cm³/mol. The van der Waals surface area contributed by atoms with Gasteiger partial charge in [-0.3, -0.25) is 9.59 Å². The van der Waals surface area contributed by atoms with Gasteiger partial charge in [0.25, 0.3) is 5.91 Å². The van der Waals surface area contributed by atoms with E-state index in [1.54, 1.807) is 12.1 Å². The number of alkyl halides is 3. The highest BCUT2D eigenvalue weighted by Gasteiger charge is 2.40. The van der Waals surface area contributed by atoms with Gasteiger partial charge in [-0.25, -0.2) is 0 Å². The van der Waals surface area contributed by atoms with Crippen LogP contribution in [-0.4, -0.2) is 41.3 Å². The predicted octanol–water partition coefficient (Wildman–Crippen LogP) is 3.53. The number of nitrogens with zero attached hydrogens (tertiary/aromatic N) is 1. The summed E-state index contributed by atoms with van der Waals surface area (Å²) in [6.07, 6.45) is -4.81. The van der Waals surface area contributed by atoms with Crippen LogP contribution in [0.2, 0.25) is 0 Å². The minimum absolute atomic E-state index is 0.0362. The van der Waals surface area contributed by atoms with E-state index in [9.17, 15) is 27.9 Å². The summed E-state index contributed by atoms with van der Waals surface area (Å²) in [6.45, 7) is 0.259. The number of amides is 1. The third kappa shape index (κ3) is 4.39. The Balaban J connectivity index is 1.76. The lowest BCUT2D eigenvalue weighted by Gasteiger charge is -2.17. The van der Waals surface area contributed by atoms with Crippen LogP contribution in [0, 0.1) is 5.92 Å². The number of rotatable bonds is 4. The van der Waals surface area contributed by atoms with Crippen LogP contribution in [0.3, 0.4) is 0 Å². The summed E-state index contributed by atoms with van der Waals surface area (Å²) in [5.74, 6) is -2.94. The molecule has 0 aliphatic carbocycles. The zero-order valence-electron chi connectivity index (χ0n) is 14.0. The number of carbonyl (C=O) groups is 2. The average Bonchev–Trinajstić information content (AvgIpc) is 3.07. The number of carboxylic acid groups (broad SMARTS) is 1. The standard InChI is InChI=1S/C19H16F3NO4/c20-19(21,22)27-14-8-6-13(7-9-14)17(24)23-10-15(16(11-23)18(25)26)12-4-2-1-3-5-12/h1-9,15-16H,10-11H2,(H,25,26)/t15-,16-/m1/s1. The van der Waals surface area contributed by atoms with Gasteiger partial charge >= 0.3 is 12.3 Å². The smallest absolute Gasteiger partial charge is 0.481 e. The fourth-order valence-corrected chi connectivity index (χ4v) is 3.24. The van der Waals surface area contributed by atoms with E-state index in [1.807, 2.05) is 18.2 Å². The molecule has 2 aromatic carbocycles. The number of halogens is 3. The summed E-state index contributed by atoms with van der Waals surface area (Å²) in [6, 6.07) is 13.6. The Hall–Kier alpha value is -3.03. The third-order valence-corrected chi connectivity index (χ3v) is 4.49. The number of carboxylic acids is 1. The summed E-state index contributed by atoms with van der Waals surface area (Å²) < 4.78 is 40.4. The Morgan fingerprint density at radius 1 is 1.00 bits per heavy atom. The molecule has 1 saturated heterocycles. The fraction of sp³-hybridized carbons (Fsp3) is 0.263. The summed E-state index contributed by atoms with van der Waals surface area (Å²) in [7, 11) is 0. The van der Waals surface area contributed by atoms with Gasteiger partial charge in [-0.15, -0.1) is 13.2 Å². The van der Waals surface area contributed by atoms with Crippen molar-refractivity contribution in [3.8, 4) is 5.75 Å². The molecule has 1 amide bonds. The van der Waals surface area contributed by atoms with E-state index < -0.39 is 29.9 Å². The molecule has 0 unspecified atom stereocenters. The lowest BCUT2D eigenvalue weighted by molar-refractivity contribution is -0.274. The minimum atomic E-state index is -4.81. The molecule has 3 rings (SSSR count). The van der Waals surface area contributed by atoms with Crippen molar-refractivity contribution < 1.29 is 32.6 Å². The van der Waals surface area contributed by atoms with Gasteiger partial charge in [-0.1, -0.05) is 30.3 Å². The second-order valence-corrected chi connectivity index (χ2v) is 6.24. The zero-order valence-corrected chi connectivity index (χ0v) is 14.0. The van der Waals surface area contributed by atoms with Gasteiger partial charge in [0.2, 0.25) is 0 Å². The van der Waals surface area contributed by atoms with Crippen LogP contribution in [0.4, 0.5) is 13.2 Å². The quantitative estimate of drug-likeness (QED) is 0.883. The highest BCUT2D eigenvalue weighted by molar-refractivity contribution is 5.95. The summed E-state index contributed by atoms with van der Waals surface area (Å²) in [5.41, 5.74) is 0.997. The van der Waals surface area contributed by atoms with Crippen LogP contribution in [0.1, 0.15) is 21.8 Å². The monoisotopic (exact) mass is 379 g/mol. The first-order valence-electron chi connectivity index (χ1n) is 8.17. The molecule has 2 aromatic rings. The number of hydrogen-bond donors (Lipinski definition) is 1. The van der Waals surface area contributed by atoms with Gasteiger partial charge in [-0.05, 0) is 29.8 Å². The first-order valence-corrected chi connectivity index (χ1v) is 8.17. The van der Waals surface area contributed by atoms with E-state index in [2.05, 4.69) is 4.74 Å². The molecule has 5 nitrogen and oxygen atoms in total. The topological polar surface area (TPSA) is 66.8 Å². The SMILES string of the molecule is O=C(O)[C@@H]1CN(C(=O)c2ccc(OC(F)(F)F)cc2)C[C@@H]1c1ccccc1. The van der Waals surface area contributed by atoms with E-state index in [4.69, 9.17) is 0 Å². The lowest BCUT2D eigenvalue weighted by atomic mass is 9.89. The van der Waals surface area contributed by atoms with Crippen LogP contribution >= 0.6 is 0 Å². The van der Waals surface area contributed by atoms with Crippen molar-refractivity contribution in [3.63, 3.8) is 0 Å². The average molecular weight is 379 g/mol. The summed E-state index contributed by atoms with van der Waals surface area (Å²) in [5, 5.41) is 9.50. The summed E-state index contributed by atoms with van der Waals surface area (Å²) >= 11 is 0. The molecule has 0 radical (unpaired) electrons. The highest BCUT2D eigenvalue weighted by Crippen LogP contribution is 2.34. The molecule has 1 heterocycles. The van der Waals surface area contributed by atoms with Crippen LogP contribution in [0.5, 0.6) is 5.75 Å². The number of benzene rings is 2. The third-order valence-electron chi connectivity index (χ3n) is 4.49. The van der Waals surface area contributed by atoms with Crippen molar-refractivity contribution in [2.75, 3.05) is 13.1 Å². The first-order chi connectivity index (χ1) is 12.7. The largest absolute Gasteiger partial charge is 0.573 e. The molecule has 1 aliphatic rings. The van der Waals surface area contributed by atoms with E-state index in [-0.39, 0.29) is 24.6 Å². The van der Waals surface area contributed by atoms with Crippen molar-refractivity contribution >= 4 is 11.9 Å². The molecule has 1 N–H and O–H groups in total. The Kier molecular flexibility index (Phi) is 5.07. The molecule has 2 atom stereocenters. The minimum Gasteiger partial charge on any atom is -0.481 e. The second-order valence-electron chi connectivity index (χ2n) is 6.24. The number of hydrogen-bond acceptors (Lipinski definition) is 3. The molecule has 27 heavy (non-hydrogen) atoms. The Bertz CT molecular complexity index is 821. The van der Waals surface area contributed by atoms with E-state index in [1.165, 1.54) is 17.0 Å². The van der Waals surface area contributed by atoms with Crippen molar-refractivity contribution in [3.05, 3.63) is 65.7 Å². The van der Waals surface area contributed by atoms with E-state index in [0.29, 0.717) is 0 Å². The zero-order chi connectivity index (χ0) is 19.6. The van der Waals surface area contributed by atoms with E-state index in [0.717, 1.165) is 17.7 Å². The van der Waals surface area contributed by atoms with Gasteiger partial charge in [0, 0.05) is 24.6 Å². The van der Waals surface area contributed by atoms with Crippen LogP contribution in [0.15, 0.2) is 54.6 Å². The molecule has 142 valence electrons. The molecular formula is C19H16F3NO4. The summed E-state index contributed by atoms with van der Waals surface area (Å²) in [4.78, 5) is 25.7. The molecular weight excluding hydrogens is 363 g/mol. The molecule has 1 fully saturated rings. The van der Waals surface area contributed by atoms with Gasteiger partial charge in [-0.2, -0.15) is 0 Å². The van der Waals surface area contributed by atoms with Crippen molar-refractivity contribution in [1.29, 1.82) is 0 Å². The Labute approximate surface area is 153 Å². The van der Waals surface area contributed by atoms with Gasteiger partial charge < -0.3 is 14.7 Å². The van der Waals surface area contributed by atoms with Crippen molar-refractivity contribution in [2.45, 2.75) is 12.3 Å². The van der Waals surface area contributed by atoms with Gasteiger partial charge in [0.1, 0.15) is 5.75 Å². The lowest BCUT2D eigenvalue weighted by Crippen LogP contribution is -2.29. The maximum Gasteiger partial charge on any atom is 0.573 e. The number of likely N-dealkylation sites (tertiary alicyclic amines) is 1. The fourth-order valence-electron chi connectivity index (χ4n) is 3.24. The van der Waals surface area contributed by atoms with Crippen molar-refractivity contribution in [2.24, 2.45) is 5.92 Å². The molecule has 0 spiro atoms. The van der Waals surface area contributed by atoms with E-state index >= 15 is 0 Å². The maximum absolute atomic E-state index is 12.7. The van der Waals surface area contributed by atoms with Gasteiger partial charge in [0.05, 0.1) is 5.92 Å². The molecule has 0 bridgehead atoms.